The molecule has 26 aromatic rings. The fourth-order valence-corrected chi connectivity index (χ4v) is 23.9. The van der Waals surface area contributed by atoms with Crippen molar-refractivity contribution in [3.8, 4) is 146 Å². The van der Waals surface area contributed by atoms with Gasteiger partial charge in [0.25, 0.3) is 0 Å². The van der Waals surface area contributed by atoms with Gasteiger partial charge in [0.15, 0.2) is 11.6 Å². The molecule has 0 aliphatic rings. The molecule has 0 spiro atoms. The minimum atomic E-state index is 0.633. The third-order valence-electron chi connectivity index (χ3n) is 25.1. The quantitative estimate of drug-likeness (QED) is 0.105. The van der Waals surface area contributed by atoms with Gasteiger partial charge in [-0.25, -0.2) is 29.9 Å². The molecule has 0 N–H and O–H groups in total. The van der Waals surface area contributed by atoms with Gasteiger partial charge >= 0.3 is 0 Å². The van der Waals surface area contributed by atoms with Crippen LogP contribution < -0.4 is 0 Å². The van der Waals surface area contributed by atoms with E-state index >= 15 is 0 Å². The lowest BCUT2D eigenvalue weighted by atomic mass is 9.90. The second-order valence-electron chi connectivity index (χ2n) is 32.8. The maximum Gasteiger partial charge on any atom is 0.160 e. The van der Waals surface area contributed by atoms with Gasteiger partial charge in [-0.3, -0.25) is 9.97 Å². The minimum absolute atomic E-state index is 0.633. The molecule has 0 radical (unpaired) electrons. The average Bonchev–Trinajstić information content (AvgIpc) is 0.981. The van der Waals surface area contributed by atoms with Crippen molar-refractivity contribution in [2.24, 2.45) is 0 Å². The summed E-state index contributed by atoms with van der Waals surface area (Å²) in [4.78, 5) is 42.9. The summed E-state index contributed by atoms with van der Waals surface area (Å²) in [5.74, 6) is 1.27. The van der Waals surface area contributed by atoms with Gasteiger partial charge in [0.1, 0.15) is 0 Å². The monoisotopic (exact) mass is 1700 g/mol. The largest absolute Gasteiger partial charge is 0.254 e. The Morgan fingerprint density at radius 2 is 0.500 bits per heavy atom. The molecule has 594 valence electrons. The first-order chi connectivity index (χ1) is 63.3. The van der Waals surface area contributed by atoms with E-state index in [9.17, 15) is 0 Å². The third kappa shape index (κ3) is 12.6. The van der Waals surface area contributed by atoms with Crippen molar-refractivity contribution in [2.75, 3.05) is 0 Å². The number of rotatable bonds is 13. The zero-order chi connectivity index (χ0) is 84.0. The normalized spacial score (nSPS) is 11.9. The van der Waals surface area contributed by atoms with Crippen LogP contribution in [0.25, 0.3) is 270 Å². The molecule has 0 saturated heterocycles. The van der Waals surface area contributed by atoms with Crippen molar-refractivity contribution in [3.05, 3.63) is 401 Å². The van der Waals surface area contributed by atoms with E-state index in [0.29, 0.717) is 11.6 Å². The number of pyridine rings is 4. The highest BCUT2D eigenvalue weighted by atomic mass is 32.1. The summed E-state index contributed by atoms with van der Waals surface area (Å²) in [6.07, 6.45) is 3.74. The summed E-state index contributed by atoms with van der Waals surface area (Å²) in [5.41, 5.74) is 27.1. The molecule has 0 bridgehead atoms. The Bertz CT molecular complexity index is 8980. The highest BCUT2D eigenvalue weighted by Crippen LogP contribution is 2.51. The fourth-order valence-electron chi connectivity index (χ4n) is 19.0. The molecular formula is C116H66N8S4. The number of hydrogen-bond donors (Lipinski definition) is 0. The van der Waals surface area contributed by atoms with Crippen LogP contribution in [0.5, 0.6) is 0 Å². The third-order valence-corrected chi connectivity index (χ3v) is 30.0. The average molecular weight is 1700 g/mol. The summed E-state index contributed by atoms with van der Waals surface area (Å²) in [6.45, 7) is 0. The zero-order valence-electron chi connectivity index (χ0n) is 68.3. The first-order valence-electron chi connectivity index (χ1n) is 42.8. The fraction of sp³-hybridized carbons (Fsp3) is 0. The van der Waals surface area contributed by atoms with Crippen LogP contribution in [0.4, 0.5) is 0 Å². The first-order valence-corrected chi connectivity index (χ1v) is 46.0. The van der Waals surface area contributed by atoms with Gasteiger partial charge in [0.05, 0.1) is 56.2 Å². The minimum Gasteiger partial charge on any atom is -0.254 e. The van der Waals surface area contributed by atoms with Gasteiger partial charge < -0.3 is 0 Å². The Labute approximate surface area is 750 Å². The Hall–Kier alpha value is -15.8. The molecule has 26 rings (SSSR count). The van der Waals surface area contributed by atoms with Crippen molar-refractivity contribution in [2.45, 2.75) is 0 Å². The highest BCUT2D eigenvalue weighted by molar-refractivity contribution is 7.27. The smallest absolute Gasteiger partial charge is 0.160 e. The molecule has 0 unspecified atom stereocenters. The predicted molar refractivity (Wildman–Crippen MR) is 541 cm³/mol. The van der Waals surface area contributed by atoms with Crippen molar-refractivity contribution in [3.63, 3.8) is 0 Å². The van der Waals surface area contributed by atoms with Gasteiger partial charge in [-0.1, -0.05) is 267 Å². The lowest BCUT2D eigenvalue weighted by Gasteiger charge is -2.16. The summed E-state index contributed by atoms with van der Waals surface area (Å²) in [6, 6.07) is 140. The number of benzene rings is 16. The van der Waals surface area contributed by atoms with E-state index in [1.165, 1.54) is 91.8 Å². The molecule has 0 amide bonds. The second kappa shape index (κ2) is 30.0. The van der Waals surface area contributed by atoms with Gasteiger partial charge in [-0.05, 0) is 171 Å². The van der Waals surface area contributed by atoms with Crippen LogP contribution in [0.15, 0.2) is 401 Å². The Morgan fingerprint density at radius 1 is 0.156 bits per heavy atom. The van der Waals surface area contributed by atoms with Crippen molar-refractivity contribution in [1.29, 1.82) is 0 Å². The molecule has 12 heteroatoms. The van der Waals surface area contributed by atoms with Crippen molar-refractivity contribution >= 4 is 170 Å². The maximum atomic E-state index is 5.66. The van der Waals surface area contributed by atoms with Gasteiger partial charge in [0, 0.05) is 165 Å². The van der Waals surface area contributed by atoms with E-state index in [-0.39, 0.29) is 0 Å². The van der Waals surface area contributed by atoms with Crippen molar-refractivity contribution < 1.29 is 0 Å². The highest BCUT2D eigenvalue weighted by Gasteiger charge is 2.25. The standard InChI is InChI=1S/C116H66N8S4/c1-3-21-71(22-4-1)115-121-99(68-45-43-67(44-46-68)97-51-49-70-48-47-69-27-19-53-117-107(69)108(70)119-97)65-101(123-115)82-60-78(85-34-18-37-93-88-30-9-13-41-105(88)127-113(85)93)57-79(61-82)95-63-80(64-96-89-31-10-14-42-106(89)128-114(95)96)94-62-75-50-52-98(120-109(75)110-90(94)38-20-54-118-110)73-25-15-26-74(55-73)100-66-102(124-116(122-100)72-23-5-2-6-24-72)81-58-76(83-32-16-35-91-86-28-7-11-39-103(86)125-111(83)91)56-77(59-81)84-33-17-36-92-87-29-8-12-40-104(87)126-112(84)92/h1-66H. The van der Waals surface area contributed by atoms with E-state index < -0.39 is 0 Å². The van der Waals surface area contributed by atoms with Crippen LogP contribution in [-0.2, 0) is 0 Å². The summed E-state index contributed by atoms with van der Waals surface area (Å²) >= 11 is 7.39. The molecule has 16 aromatic carbocycles. The molecule has 0 atom stereocenters. The molecule has 0 fully saturated rings. The van der Waals surface area contributed by atoms with Crippen LogP contribution in [0.3, 0.4) is 0 Å². The second-order valence-corrected chi connectivity index (χ2v) is 37.0. The molecule has 0 saturated carbocycles. The summed E-state index contributed by atoms with van der Waals surface area (Å²) in [7, 11) is 0. The van der Waals surface area contributed by atoms with E-state index in [2.05, 4.69) is 370 Å². The molecule has 10 aromatic heterocycles. The predicted octanol–water partition coefficient (Wildman–Crippen LogP) is 32.6. The summed E-state index contributed by atoms with van der Waals surface area (Å²) < 4.78 is 9.94. The Morgan fingerprint density at radius 3 is 1.02 bits per heavy atom. The Balaban J connectivity index is 0.610. The van der Waals surface area contributed by atoms with Crippen LogP contribution in [0.2, 0.25) is 0 Å². The van der Waals surface area contributed by atoms with Gasteiger partial charge in [0.2, 0.25) is 0 Å². The molecular weight excluding hydrogens is 1630 g/mol. The molecule has 128 heavy (non-hydrogen) atoms. The van der Waals surface area contributed by atoms with E-state index in [1.54, 1.807) is 0 Å². The van der Waals surface area contributed by atoms with E-state index in [0.717, 1.165) is 167 Å². The van der Waals surface area contributed by atoms with Crippen LogP contribution in [-0.4, -0.2) is 39.9 Å². The molecule has 8 nitrogen and oxygen atoms in total. The zero-order valence-corrected chi connectivity index (χ0v) is 71.6. The van der Waals surface area contributed by atoms with Gasteiger partial charge in [-0.15, -0.1) is 45.3 Å². The van der Waals surface area contributed by atoms with E-state index in [1.807, 2.05) is 75.9 Å². The van der Waals surface area contributed by atoms with Gasteiger partial charge in [-0.2, -0.15) is 0 Å². The van der Waals surface area contributed by atoms with E-state index in [4.69, 9.17) is 39.9 Å². The number of thiophene rings is 4. The number of nitrogens with zero attached hydrogens (tertiary/aromatic N) is 8. The lowest BCUT2D eigenvalue weighted by molar-refractivity contribution is 1.18. The van der Waals surface area contributed by atoms with Crippen LogP contribution in [0, 0.1) is 0 Å². The van der Waals surface area contributed by atoms with Crippen LogP contribution >= 0.6 is 45.3 Å². The number of fused-ring (bicyclic) bond motifs is 18. The first kappa shape index (κ1) is 73.7. The molecule has 10 heterocycles. The topological polar surface area (TPSA) is 103 Å². The Kier molecular flexibility index (Phi) is 17.3. The number of aromatic nitrogens is 8. The SMILES string of the molecule is c1ccc(-c2nc(-c3cccc(-c4ccc5cc(-c6cc(-c7cc(-c8cc(-c9ccc(-c%10ccc%11ccc%12cccnc%12c%11n%10)cc9)nc(-c9ccccc9)n8)cc(-c8cccc9c8sc8ccccc89)c7)c7sc8ccccc8c7c6)c6cccnc6c5n4)c3)cc(-c3cc(-c4cccc5c4sc4ccccc45)cc(-c4cccc5c4sc4ccccc45)c3)n2)cc1. The lowest BCUT2D eigenvalue weighted by Crippen LogP contribution is -1.97. The van der Waals surface area contributed by atoms with Crippen molar-refractivity contribution in [1.82, 2.24) is 39.9 Å². The molecule has 0 aliphatic carbocycles. The maximum absolute atomic E-state index is 5.66. The number of hydrogen-bond acceptors (Lipinski definition) is 12. The molecule has 0 aliphatic heterocycles. The summed E-state index contributed by atoms with van der Waals surface area (Å²) in [5, 5.41) is 14.0. The van der Waals surface area contributed by atoms with Crippen LogP contribution in [0.1, 0.15) is 0 Å².